The zero-order chi connectivity index (χ0) is 16.9. The standard InChI is InChI=1S/C18H17Cl2N3O/c19-16-3-1-14(13-17(16)20)2-4-18(24)23-11-9-22(10-12-23)15-5-7-21-8-6-15/h1-8,13H,9-12H2/p+1/b4-2+. The SMILES string of the molecule is O=C(/C=C/c1ccc(Cl)c(Cl)c1)N1CCN(c2cc[nH+]cc2)CC1. The molecule has 1 aliphatic rings. The van der Waals surface area contributed by atoms with Crippen LogP contribution in [-0.4, -0.2) is 37.0 Å². The summed E-state index contributed by atoms with van der Waals surface area (Å²) >= 11 is 11.9. The fraction of sp³-hybridized carbons (Fsp3) is 0.222. The molecule has 0 bridgehead atoms. The Bertz CT molecular complexity index is 741. The van der Waals surface area contributed by atoms with E-state index in [-0.39, 0.29) is 5.91 Å². The van der Waals surface area contributed by atoms with Gasteiger partial charge in [-0.1, -0.05) is 29.3 Å². The summed E-state index contributed by atoms with van der Waals surface area (Å²) in [4.78, 5) is 19.5. The van der Waals surface area contributed by atoms with Crippen molar-refractivity contribution in [3.63, 3.8) is 0 Å². The van der Waals surface area contributed by atoms with E-state index in [9.17, 15) is 4.79 Å². The van der Waals surface area contributed by atoms with Crippen LogP contribution in [0.15, 0.2) is 48.8 Å². The summed E-state index contributed by atoms with van der Waals surface area (Å²) in [6.07, 6.45) is 7.18. The Morgan fingerprint density at radius 1 is 1.00 bits per heavy atom. The maximum Gasteiger partial charge on any atom is 0.246 e. The van der Waals surface area contributed by atoms with E-state index in [2.05, 4.69) is 9.88 Å². The Hall–Kier alpha value is -2.04. The van der Waals surface area contributed by atoms with Gasteiger partial charge in [-0.3, -0.25) is 4.79 Å². The van der Waals surface area contributed by atoms with Crippen LogP contribution < -0.4 is 9.88 Å². The van der Waals surface area contributed by atoms with Crippen LogP contribution in [0.1, 0.15) is 5.56 Å². The number of nitrogens with one attached hydrogen (secondary N) is 1. The molecule has 2 heterocycles. The molecule has 0 atom stereocenters. The third kappa shape index (κ3) is 4.08. The van der Waals surface area contributed by atoms with E-state index in [1.54, 1.807) is 24.3 Å². The topological polar surface area (TPSA) is 37.7 Å². The Morgan fingerprint density at radius 2 is 1.71 bits per heavy atom. The number of amides is 1. The van der Waals surface area contributed by atoms with Crippen molar-refractivity contribution in [3.8, 4) is 0 Å². The molecule has 0 unspecified atom stereocenters. The summed E-state index contributed by atoms with van der Waals surface area (Å²) in [6, 6.07) is 9.40. The number of rotatable bonds is 3. The summed E-state index contributed by atoms with van der Waals surface area (Å²) in [5.41, 5.74) is 2.03. The Morgan fingerprint density at radius 3 is 2.38 bits per heavy atom. The lowest BCUT2D eigenvalue weighted by Gasteiger charge is -2.35. The normalized spacial score (nSPS) is 15.1. The maximum atomic E-state index is 12.3. The van der Waals surface area contributed by atoms with E-state index < -0.39 is 0 Å². The number of pyridine rings is 1. The number of aromatic amines is 1. The van der Waals surface area contributed by atoms with Crippen molar-refractivity contribution in [1.29, 1.82) is 0 Å². The van der Waals surface area contributed by atoms with Gasteiger partial charge in [-0.25, -0.2) is 4.98 Å². The first kappa shape index (κ1) is 16.8. The second-order valence-corrected chi connectivity index (χ2v) is 6.39. The first-order valence-electron chi connectivity index (χ1n) is 7.76. The summed E-state index contributed by atoms with van der Waals surface area (Å²) in [6.45, 7) is 3.08. The largest absolute Gasteiger partial charge is 0.368 e. The number of H-pyrrole nitrogens is 1. The van der Waals surface area contributed by atoms with Crippen molar-refractivity contribution < 1.29 is 9.78 Å². The highest BCUT2D eigenvalue weighted by Gasteiger charge is 2.19. The number of benzene rings is 1. The van der Waals surface area contributed by atoms with Gasteiger partial charge in [-0.15, -0.1) is 0 Å². The van der Waals surface area contributed by atoms with Gasteiger partial charge in [0.1, 0.15) is 0 Å². The molecule has 6 heteroatoms. The Labute approximate surface area is 151 Å². The third-order valence-corrected chi connectivity index (χ3v) is 4.76. The molecular formula is C18H18Cl2N3O+. The third-order valence-electron chi connectivity index (χ3n) is 4.02. The lowest BCUT2D eigenvalue weighted by atomic mass is 10.2. The summed E-state index contributed by atoms with van der Waals surface area (Å²) in [5, 5.41) is 0.995. The molecule has 1 aliphatic heterocycles. The summed E-state index contributed by atoms with van der Waals surface area (Å²) in [5.74, 6) is 0.0158. The van der Waals surface area contributed by atoms with Crippen LogP contribution in [0.4, 0.5) is 5.69 Å². The smallest absolute Gasteiger partial charge is 0.246 e. The lowest BCUT2D eigenvalue weighted by molar-refractivity contribution is -0.377. The molecule has 1 saturated heterocycles. The molecular weight excluding hydrogens is 345 g/mol. The van der Waals surface area contributed by atoms with E-state index in [4.69, 9.17) is 23.2 Å². The molecule has 3 rings (SSSR count). The molecule has 0 spiro atoms. The first-order valence-corrected chi connectivity index (χ1v) is 8.52. The molecule has 0 aliphatic carbocycles. The fourth-order valence-electron chi connectivity index (χ4n) is 2.66. The number of aromatic nitrogens is 1. The number of anilines is 1. The number of hydrogen-bond donors (Lipinski definition) is 0. The van der Waals surface area contributed by atoms with Crippen molar-refractivity contribution in [1.82, 2.24) is 4.90 Å². The molecule has 0 radical (unpaired) electrons. The van der Waals surface area contributed by atoms with Gasteiger partial charge in [0, 0.05) is 50.1 Å². The van der Waals surface area contributed by atoms with Gasteiger partial charge in [0.15, 0.2) is 12.4 Å². The lowest BCUT2D eigenvalue weighted by Crippen LogP contribution is -2.48. The van der Waals surface area contributed by atoms with E-state index in [0.717, 1.165) is 18.7 Å². The zero-order valence-electron chi connectivity index (χ0n) is 13.1. The van der Waals surface area contributed by atoms with Crippen LogP contribution >= 0.6 is 23.2 Å². The highest BCUT2D eigenvalue weighted by atomic mass is 35.5. The number of nitrogens with zero attached hydrogens (tertiary/aromatic N) is 2. The van der Waals surface area contributed by atoms with Crippen molar-refractivity contribution in [2.45, 2.75) is 0 Å². The monoisotopic (exact) mass is 362 g/mol. The maximum absolute atomic E-state index is 12.3. The van der Waals surface area contributed by atoms with Gasteiger partial charge in [0.25, 0.3) is 0 Å². The van der Waals surface area contributed by atoms with Gasteiger partial charge in [-0.05, 0) is 23.8 Å². The minimum Gasteiger partial charge on any atom is -0.368 e. The molecule has 0 saturated carbocycles. The molecule has 1 amide bonds. The van der Waals surface area contributed by atoms with Gasteiger partial charge in [0.2, 0.25) is 5.91 Å². The van der Waals surface area contributed by atoms with Gasteiger partial charge < -0.3 is 9.80 Å². The molecule has 1 fully saturated rings. The summed E-state index contributed by atoms with van der Waals surface area (Å²) < 4.78 is 0. The van der Waals surface area contributed by atoms with E-state index in [1.807, 2.05) is 35.5 Å². The zero-order valence-corrected chi connectivity index (χ0v) is 14.6. The highest BCUT2D eigenvalue weighted by molar-refractivity contribution is 6.42. The average Bonchev–Trinajstić information content (AvgIpc) is 2.63. The second-order valence-electron chi connectivity index (χ2n) is 5.58. The van der Waals surface area contributed by atoms with E-state index in [0.29, 0.717) is 23.1 Å². The van der Waals surface area contributed by atoms with Crippen LogP contribution in [0, 0.1) is 0 Å². The molecule has 1 aromatic carbocycles. The van der Waals surface area contributed by atoms with Crippen molar-refractivity contribution >= 4 is 40.9 Å². The van der Waals surface area contributed by atoms with Crippen molar-refractivity contribution in [3.05, 3.63) is 64.4 Å². The van der Waals surface area contributed by atoms with Crippen molar-refractivity contribution in [2.24, 2.45) is 0 Å². The number of halogens is 2. The van der Waals surface area contributed by atoms with Crippen LogP contribution in [0.3, 0.4) is 0 Å². The summed E-state index contributed by atoms with van der Waals surface area (Å²) in [7, 11) is 0. The predicted molar refractivity (Wildman–Crippen MR) is 97.3 cm³/mol. The number of carbonyl (C=O) groups excluding carboxylic acids is 1. The molecule has 1 aromatic heterocycles. The molecule has 24 heavy (non-hydrogen) atoms. The predicted octanol–water partition coefficient (Wildman–Crippen LogP) is 3.17. The first-order chi connectivity index (χ1) is 11.6. The fourth-order valence-corrected chi connectivity index (χ4v) is 2.97. The quantitative estimate of drug-likeness (QED) is 0.786. The second kappa shape index (κ2) is 7.69. The molecule has 1 N–H and O–H groups in total. The van der Waals surface area contributed by atoms with Gasteiger partial charge in [-0.2, -0.15) is 0 Å². The highest BCUT2D eigenvalue weighted by Crippen LogP contribution is 2.23. The van der Waals surface area contributed by atoms with Crippen LogP contribution in [0.25, 0.3) is 6.08 Å². The Balaban J connectivity index is 1.57. The van der Waals surface area contributed by atoms with Gasteiger partial charge >= 0.3 is 0 Å². The molecule has 124 valence electrons. The van der Waals surface area contributed by atoms with E-state index in [1.165, 1.54) is 5.69 Å². The Kier molecular flexibility index (Phi) is 5.38. The van der Waals surface area contributed by atoms with Crippen molar-refractivity contribution in [2.75, 3.05) is 31.1 Å². The minimum atomic E-state index is 0.0158. The number of carbonyl (C=O) groups is 1. The van der Waals surface area contributed by atoms with Gasteiger partial charge in [0.05, 0.1) is 10.0 Å². The van der Waals surface area contributed by atoms with Crippen LogP contribution in [-0.2, 0) is 4.79 Å². The average molecular weight is 363 g/mol. The number of hydrogen-bond acceptors (Lipinski definition) is 2. The van der Waals surface area contributed by atoms with E-state index >= 15 is 0 Å². The number of piperazine rings is 1. The molecule has 2 aromatic rings. The van der Waals surface area contributed by atoms with Crippen LogP contribution in [0.5, 0.6) is 0 Å². The minimum absolute atomic E-state index is 0.0158. The molecule has 4 nitrogen and oxygen atoms in total. The van der Waals surface area contributed by atoms with Crippen LogP contribution in [0.2, 0.25) is 10.0 Å².